The number of nitrogens with one attached hydrogen (secondary N) is 2. The number of thiophene rings is 1. The van der Waals surface area contributed by atoms with E-state index in [0.29, 0.717) is 29.9 Å². The lowest BCUT2D eigenvalue weighted by molar-refractivity contribution is 0.256. The summed E-state index contributed by atoms with van der Waals surface area (Å²) in [7, 11) is -1.36. The number of hydrogen-bond donors (Lipinski definition) is 2. The molecule has 122 valence electrons. The number of nitrogens with zero attached hydrogens (tertiary/aromatic N) is 1. The van der Waals surface area contributed by atoms with Gasteiger partial charge in [-0.2, -0.15) is 0 Å². The van der Waals surface area contributed by atoms with Crippen molar-refractivity contribution in [2.24, 2.45) is 0 Å². The molecule has 2 N–H and O–H groups in total. The average Bonchev–Trinajstić information content (AvgIpc) is 2.93. The topological polar surface area (TPSA) is 61.4 Å². The molecule has 0 saturated heterocycles. The molecule has 0 saturated carbocycles. The SMILES string of the molecule is CCNCc1ccc(S(=O)(=O)NCCN(C)C(C)CC)s1. The zero-order valence-corrected chi connectivity index (χ0v) is 15.0. The molecular weight excluding hydrogens is 306 g/mol. The lowest BCUT2D eigenvalue weighted by atomic mass is 10.2. The van der Waals surface area contributed by atoms with Gasteiger partial charge in [-0.15, -0.1) is 11.3 Å². The van der Waals surface area contributed by atoms with Gasteiger partial charge in [0.15, 0.2) is 0 Å². The third-order valence-electron chi connectivity index (χ3n) is 3.55. The number of rotatable bonds is 10. The summed E-state index contributed by atoms with van der Waals surface area (Å²) in [6.07, 6.45) is 1.06. The number of sulfonamides is 1. The zero-order chi connectivity index (χ0) is 15.9. The third kappa shape index (κ3) is 6.04. The van der Waals surface area contributed by atoms with Gasteiger partial charge in [-0.25, -0.2) is 13.1 Å². The highest BCUT2D eigenvalue weighted by Crippen LogP contribution is 2.21. The fourth-order valence-electron chi connectivity index (χ4n) is 1.81. The molecular formula is C14H27N3O2S2. The molecule has 0 aromatic carbocycles. The molecule has 1 unspecified atom stereocenters. The molecule has 0 spiro atoms. The molecule has 1 rings (SSSR count). The first kappa shape index (κ1) is 18.6. The van der Waals surface area contributed by atoms with E-state index in [1.54, 1.807) is 6.07 Å². The van der Waals surface area contributed by atoms with Crippen LogP contribution in [0.3, 0.4) is 0 Å². The summed E-state index contributed by atoms with van der Waals surface area (Å²) in [5, 5.41) is 3.19. The first-order valence-electron chi connectivity index (χ1n) is 7.40. The largest absolute Gasteiger partial charge is 0.312 e. The lowest BCUT2D eigenvalue weighted by Gasteiger charge is -2.23. The minimum absolute atomic E-state index is 0.390. The fourth-order valence-corrected chi connectivity index (χ4v) is 4.20. The molecule has 1 aromatic heterocycles. The van der Waals surface area contributed by atoms with Crippen LogP contribution in [0.4, 0.5) is 0 Å². The number of hydrogen-bond acceptors (Lipinski definition) is 5. The Morgan fingerprint density at radius 2 is 2.05 bits per heavy atom. The Kier molecular flexibility index (Phi) is 7.83. The minimum Gasteiger partial charge on any atom is -0.312 e. The first-order valence-corrected chi connectivity index (χ1v) is 9.70. The van der Waals surface area contributed by atoms with Crippen molar-refractivity contribution in [2.75, 3.05) is 26.7 Å². The Balaban J connectivity index is 2.51. The molecule has 1 atom stereocenters. The minimum atomic E-state index is -3.38. The summed E-state index contributed by atoms with van der Waals surface area (Å²) < 4.78 is 27.5. The Labute approximate surface area is 132 Å². The monoisotopic (exact) mass is 333 g/mol. The standard InChI is InChI=1S/C14H27N3O2S2/c1-5-12(3)17(4)10-9-16-21(18,19)14-8-7-13(20-14)11-15-6-2/h7-8,12,15-16H,5-6,9-11H2,1-4H3. The van der Waals surface area contributed by atoms with Gasteiger partial charge < -0.3 is 10.2 Å². The second-order valence-corrected chi connectivity index (χ2v) is 8.30. The highest BCUT2D eigenvalue weighted by atomic mass is 32.2. The average molecular weight is 334 g/mol. The quantitative estimate of drug-likeness (QED) is 0.686. The Morgan fingerprint density at radius 3 is 2.67 bits per heavy atom. The van der Waals surface area contributed by atoms with Crippen molar-refractivity contribution in [2.45, 2.75) is 44.0 Å². The second-order valence-electron chi connectivity index (χ2n) is 5.14. The Bertz CT molecular complexity index is 514. The van der Waals surface area contributed by atoms with Crippen LogP contribution in [-0.2, 0) is 16.6 Å². The first-order chi connectivity index (χ1) is 9.90. The highest BCUT2D eigenvalue weighted by molar-refractivity contribution is 7.91. The van der Waals surface area contributed by atoms with Crippen molar-refractivity contribution >= 4 is 21.4 Å². The lowest BCUT2D eigenvalue weighted by Crippen LogP contribution is -2.36. The maximum Gasteiger partial charge on any atom is 0.250 e. The van der Waals surface area contributed by atoms with Crippen LogP contribution >= 0.6 is 11.3 Å². The van der Waals surface area contributed by atoms with Gasteiger partial charge in [0.05, 0.1) is 0 Å². The molecule has 0 radical (unpaired) electrons. The zero-order valence-electron chi connectivity index (χ0n) is 13.3. The second kappa shape index (κ2) is 8.85. The third-order valence-corrected chi connectivity index (χ3v) is 6.59. The number of likely N-dealkylation sites (N-methyl/N-ethyl adjacent to an activating group) is 1. The van der Waals surface area contributed by atoms with Gasteiger partial charge in [0.25, 0.3) is 0 Å². The van der Waals surface area contributed by atoms with Crippen LogP contribution in [0.25, 0.3) is 0 Å². The Hall–Kier alpha value is -0.470. The molecule has 1 aromatic rings. The molecule has 5 nitrogen and oxygen atoms in total. The van der Waals surface area contributed by atoms with Crippen LogP contribution in [0.5, 0.6) is 0 Å². The summed E-state index contributed by atoms with van der Waals surface area (Å²) in [6.45, 7) is 9.03. The Morgan fingerprint density at radius 1 is 1.33 bits per heavy atom. The molecule has 0 bridgehead atoms. The van der Waals surface area contributed by atoms with Gasteiger partial charge in [0, 0.05) is 30.6 Å². The fraction of sp³-hybridized carbons (Fsp3) is 0.714. The summed E-state index contributed by atoms with van der Waals surface area (Å²) >= 11 is 1.32. The van der Waals surface area contributed by atoms with E-state index in [1.807, 2.05) is 20.0 Å². The van der Waals surface area contributed by atoms with E-state index in [2.05, 4.69) is 28.8 Å². The van der Waals surface area contributed by atoms with Gasteiger partial charge in [0.1, 0.15) is 4.21 Å². The van der Waals surface area contributed by atoms with Gasteiger partial charge in [-0.1, -0.05) is 13.8 Å². The normalized spacial score (nSPS) is 13.8. The van der Waals surface area contributed by atoms with E-state index in [1.165, 1.54) is 11.3 Å². The maximum atomic E-state index is 12.2. The van der Waals surface area contributed by atoms with Crippen LogP contribution < -0.4 is 10.0 Å². The van der Waals surface area contributed by atoms with E-state index in [4.69, 9.17) is 0 Å². The van der Waals surface area contributed by atoms with E-state index in [0.717, 1.165) is 17.8 Å². The van der Waals surface area contributed by atoms with Crippen molar-refractivity contribution in [1.29, 1.82) is 0 Å². The molecule has 1 heterocycles. The van der Waals surface area contributed by atoms with Crippen LogP contribution in [-0.4, -0.2) is 46.0 Å². The van der Waals surface area contributed by atoms with Crippen LogP contribution in [0, 0.1) is 0 Å². The molecule has 0 aliphatic heterocycles. The van der Waals surface area contributed by atoms with Crippen molar-refractivity contribution in [1.82, 2.24) is 14.9 Å². The predicted octanol–water partition coefficient (Wildman–Crippen LogP) is 1.87. The highest BCUT2D eigenvalue weighted by Gasteiger charge is 2.17. The molecule has 0 aliphatic carbocycles. The van der Waals surface area contributed by atoms with Gasteiger partial charge >= 0.3 is 0 Å². The van der Waals surface area contributed by atoms with Crippen molar-refractivity contribution < 1.29 is 8.42 Å². The van der Waals surface area contributed by atoms with Crippen LogP contribution in [0.2, 0.25) is 0 Å². The molecule has 7 heteroatoms. The smallest absolute Gasteiger partial charge is 0.250 e. The molecule has 21 heavy (non-hydrogen) atoms. The van der Waals surface area contributed by atoms with Crippen LogP contribution in [0.15, 0.2) is 16.3 Å². The summed E-state index contributed by atoms with van der Waals surface area (Å²) in [4.78, 5) is 3.20. The van der Waals surface area contributed by atoms with Crippen molar-refractivity contribution in [3.8, 4) is 0 Å². The van der Waals surface area contributed by atoms with E-state index in [-0.39, 0.29) is 0 Å². The summed E-state index contributed by atoms with van der Waals surface area (Å²) in [5.41, 5.74) is 0. The molecule has 0 amide bonds. The predicted molar refractivity (Wildman–Crippen MR) is 89.3 cm³/mol. The maximum absolute atomic E-state index is 12.2. The summed E-state index contributed by atoms with van der Waals surface area (Å²) in [5.74, 6) is 0. The van der Waals surface area contributed by atoms with Gasteiger partial charge in [-0.3, -0.25) is 0 Å². The van der Waals surface area contributed by atoms with Gasteiger partial charge in [-0.05, 0) is 39.1 Å². The molecule has 0 aliphatic rings. The van der Waals surface area contributed by atoms with Crippen LogP contribution in [0.1, 0.15) is 32.1 Å². The van der Waals surface area contributed by atoms with Crippen molar-refractivity contribution in [3.05, 3.63) is 17.0 Å². The van der Waals surface area contributed by atoms with Crippen molar-refractivity contribution in [3.63, 3.8) is 0 Å². The van der Waals surface area contributed by atoms with E-state index >= 15 is 0 Å². The van der Waals surface area contributed by atoms with E-state index in [9.17, 15) is 8.42 Å². The van der Waals surface area contributed by atoms with Gasteiger partial charge in [0.2, 0.25) is 10.0 Å². The summed E-state index contributed by atoms with van der Waals surface area (Å²) in [6, 6.07) is 4.01. The molecule has 0 fully saturated rings. The van der Waals surface area contributed by atoms with E-state index < -0.39 is 10.0 Å².